The van der Waals surface area contributed by atoms with Gasteiger partial charge in [-0.15, -0.1) is 0 Å². The van der Waals surface area contributed by atoms with Crippen LogP contribution in [0.4, 0.5) is 0 Å². The molecule has 1 N–H and O–H groups in total. The second-order valence-electron chi connectivity index (χ2n) is 6.85. The van der Waals surface area contributed by atoms with E-state index in [2.05, 4.69) is 24.4 Å². The molecule has 0 aromatic rings. The second kappa shape index (κ2) is 22.3. The number of amides is 1. The third kappa shape index (κ3) is 20.6. The summed E-state index contributed by atoms with van der Waals surface area (Å²) < 4.78 is 0. The molecule has 0 unspecified atom stereocenters. The summed E-state index contributed by atoms with van der Waals surface area (Å²) >= 11 is 1.57. The van der Waals surface area contributed by atoms with Crippen LogP contribution in [0.1, 0.15) is 90.4 Å². The number of rotatable bonds is 18. The van der Waals surface area contributed by atoms with Crippen molar-refractivity contribution in [3.63, 3.8) is 0 Å². The van der Waals surface area contributed by atoms with Crippen molar-refractivity contribution in [1.29, 1.82) is 0 Å². The molecule has 0 radical (unpaired) electrons. The molecule has 0 aliphatic carbocycles. The molecule has 27 heavy (non-hydrogen) atoms. The monoisotopic (exact) mass is 407 g/mol. The molecule has 0 spiro atoms. The smallest absolute Gasteiger partial charge is 0.548 e. The van der Waals surface area contributed by atoms with E-state index < -0.39 is 12.0 Å². The molecule has 0 saturated heterocycles. The minimum absolute atomic E-state index is 0. The molecule has 1 amide bonds. The number of carbonyl (C=O) groups excluding carboxylic acids is 2. The molecule has 152 valence electrons. The number of allylic oxidation sites excluding steroid dienone is 2. The number of aliphatic carboxylic acids is 1. The quantitative estimate of drug-likeness (QED) is 0.211. The van der Waals surface area contributed by atoms with Crippen molar-refractivity contribution in [3.05, 3.63) is 12.2 Å². The largest absolute Gasteiger partial charge is 1.00 e. The van der Waals surface area contributed by atoms with Crippen LogP contribution >= 0.6 is 11.8 Å². The zero-order valence-electron chi connectivity index (χ0n) is 17.8. The van der Waals surface area contributed by atoms with Gasteiger partial charge in [-0.1, -0.05) is 57.6 Å². The predicted octanol–water partition coefficient (Wildman–Crippen LogP) is 1.24. The Morgan fingerprint density at radius 1 is 0.963 bits per heavy atom. The fourth-order valence-electron chi connectivity index (χ4n) is 2.75. The number of hydrogen-bond acceptors (Lipinski definition) is 4. The van der Waals surface area contributed by atoms with E-state index in [-0.39, 0.29) is 35.5 Å². The summed E-state index contributed by atoms with van der Waals surface area (Å²) in [6.07, 6.45) is 20.4. The Hall–Kier alpha value is 0.0300. The first kappa shape index (κ1) is 29.2. The van der Waals surface area contributed by atoms with Gasteiger partial charge in [0.15, 0.2) is 0 Å². The predicted molar refractivity (Wildman–Crippen MR) is 110 cm³/mol. The van der Waals surface area contributed by atoms with E-state index in [0.717, 1.165) is 25.7 Å². The van der Waals surface area contributed by atoms with Gasteiger partial charge in [0.2, 0.25) is 5.91 Å². The Morgan fingerprint density at radius 2 is 1.52 bits per heavy atom. The van der Waals surface area contributed by atoms with Crippen LogP contribution in [0.15, 0.2) is 12.2 Å². The Kier molecular flexibility index (Phi) is 24.2. The summed E-state index contributed by atoms with van der Waals surface area (Å²) in [4.78, 5) is 22.8. The SMILES string of the molecule is CCCCCC/C=C\CCCCCCCC(=O)N[C@@H](CCSC)C(=O)[O-].[Na+]. The van der Waals surface area contributed by atoms with Gasteiger partial charge in [0.1, 0.15) is 0 Å². The topological polar surface area (TPSA) is 69.2 Å². The maximum absolute atomic E-state index is 11.8. The average molecular weight is 408 g/mol. The van der Waals surface area contributed by atoms with Crippen LogP contribution in [0.2, 0.25) is 0 Å². The maximum atomic E-state index is 11.8. The number of unbranched alkanes of at least 4 members (excludes halogenated alkanes) is 9. The van der Waals surface area contributed by atoms with Crippen molar-refractivity contribution in [2.45, 2.75) is 96.4 Å². The third-order valence-corrected chi connectivity index (χ3v) is 5.04. The van der Waals surface area contributed by atoms with Crippen LogP contribution in [-0.2, 0) is 9.59 Å². The van der Waals surface area contributed by atoms with Crippen LogP contribution in [-0.4, -0.2) is 29.9 Å². The zero-order valence-corrected chi connectivity index (χ0v) is 20.6. The standard InChI is InChI=1S/C21H39NO3S.Na/c1-3-4-5-6-7-8-9-10-11-12-13-14-15-16-20(23)22-19(21(24)25)17-18-26-2;/h8-9,19H,3-7,10-18H2,1-2H3,(H,22,23)(H,24,25);/q;+1/p-1/b9-8-;/t19-;/m0./s1. The van der Waals surface area contributed by atoms with E-state index in [1.165, 1.54) is 44.9 Å². The molecule has 0 aliphatic heterocycles. The molecule has 4 nitrogen and oxygen atoms in total. The van der Waals surface area contributed by atoms with Crippen LogP contribution in [0, 0.1) is 0 Å². The van der Waals surface area contributed by atoms with Gasteiger partial charge in [0.05, 0.1) is 12.0 Å². The maximum Gasteiger partial charge on any atom is 1.00 e. The summed E-state index contributed by atoms with van der Waals surface area (Å²) in [6.45, 7) is 2.24. The summed E-state index contributed by atoms with van der Waals surface area (Å²) in [5.41, 5.74) is 0. The summed E-state index contributed by atoms with van der Waals surface area (Å²) in [6, 6.07) is -0.858. The Labute approximate surface area is 193 Å². The first-order valence-electron chi connectivity index (χ1n) is 10.3. The minimum atomic E-state index is -1.19. The number of hydrogen-bond donors (Lipinski definition) is 1. The molecule has 1 atom stereocenters. The van der Waals surface area contributed by atoms with Crippen molar-refractivity contribution in [1.82, 2.24) is 5.32 Å². The number of thioether (sulfide) groups is 1. The van der Waals surface area contributed by atoms with E-state index in [0.29, 0.717) is 18.6 Å². The Bertz CT molecular complexity index is 392. The molecule has 0 bridgehead atoms. The molecule has 0 saturated carbocycles. The average Bonchev–Trinajstić information content (AvgIpc) is 2.62. The third-order valence-electron chi connectivity index (χ3n) is 4.40. The summed E-state index contributed by atoms with van der Waals surface area (Å²) in [5.74, 6) is -0.663. The van der Waals surface area contributed by atoms with Crippen LogP contribution in [0.25, 0.3) is 0 Å². The van der Waals surface area contributed by atoms with Gasteiger partial charge in [-0.25, -0.2) is 0 Å². The van der Waals surface area contributed by atoms with E-state index in [1.807, 2.05) is 6.26 Å². The Balaban J connectivity index is 0. The van der Waals surface area contributed by atoms with Gasteiger partial charge in [0.25, 0.3) is 0 Å². The van der Waals surface area contributed by atoms with E-state index in [4.69, 9.17) is 0 Å². The first-order chi connectivity index (χ1) is 12.6. The zero-order chi connectivity index (χ0) is 19.5. The number of carboxylic acid groups (broad SMARTS) is 1. The molecule has 0 aromatic carbocycles. The molecule has 0 fully saturated rings. The van der Waals surface area contributed by atoms with Crippen molar-refractivity contribution in [2.24, 2.45) is 0 Å². The summed E-state index contributed by atoms with van der Waals surface area (Å²) in [7, 11) is 0. The van der Waals surface area contributed by atoms with Gasteiger partial charge in [-0.05, 0) is 50.5 Å². The van der Waals surface area contributed by atoms with Crippen molar-refractivity contribution >= 4 is 23.6 Å². The number of carbonyl (C=O) groups is 2. The number of nitrogens with one attached hydrogen (secondary N) is 1. The fourth-order valence-corrected chi connectivity index (χ4v) is 3.23. The molecular formula is C21H38NNaO3S. The van der Waals surface area contributed by atoms with Crippen LogP contribution < -0.4 is 40.0 Å². The Morgan fingerprint density at radius 3 is 2.07 bits per heavy atom. The molecule has 6 heteroatoms. The van der Waals surface area contributed by atoms with E-state index in [1.54, 1.807) is 11.8 Å². The van der Waals surface area contributed by atoms with Crippen molar-refractivity contribution < 1.29 is 44.3 Å². The van der Waals surface area contributed by atoms with Gasteiger partial charge in [-0.2, -0.15) is 11.8 Å². The van der Waals surface area contributed by atoms with E-state index in [9.17, 15) is 14.7 Å². The number of carboxylic acids is 1. The van der Waals surface area contributed by atoms with Gasteiger partial charge in [-0.3, -0.25) is 4.79 Å². The molecule has 0 aliphatic rings. The van der Waals surface area contributed by atoms with Gasteiger partial charge >= 0.3 is 29.6 Å². The minimum Gasteiger partial charge on any atom is -0.548 e. The normalized spacial score (nSPS) is 11.9. The van der Waals surface area contributed by atoms with Crippen molar-refractivity contribution in [2.75, 3.05) is 12.0 Å². The fraction of sp³-hybridized carbons (Fsp3) is 0.810. The molecule has 0 heterocycles. The molecule has 0 aromatic heterocycles. The van der Waals surface area contributed by atoms with Gasteiger partial charge < -0.3 is 15.2 Å². The van der Waals surface area contributed by atoms with Crippen molar-refractivity contribution in [3.8, 4) is 0 Å². The molecule has 0 rings (SSSR count). The summed E-state index contributed by atoms with van der Waals surface area (Å²) in [5, 5.41) is 13.6. The van der Waals surface area contributed by atoms with Gasteiger partial charge in [0, 0.05) is 6.42 Å². The van der Waals surface area contributed by atoms with Crippen LogP contribution in [0.5, 0.6) is 0 Å². The second-order valence-corrected chi connectivity index (χ2v) is 7.83. The molecular weight excluding hydrogens is 369 g/mol. The van der Waals surface area contributed by atoms with E-state index >= 15 is 0 Å². The first-order valence-corrected chi connectivity index (χ1v) is 11.6. The van der Waals surface area contributed by atoms with Crippen LogP contribution in [0.3, 0.4) is 0 Å².